The molecule has 114 valence electrons. The molecule has 0 aliphatic rings. The van der Waals surface area contributed by atoms with Gasteiger partial charge in [0, 0.05) is 25.8 Å². The topological polar surface area (TPSA) is 63.2 Å². The van der Waals surface area contributed by atoms with Crippen molar-refractivity contribution in [2.24, 2.45) is 0 Å². The first kappa shape index (κ1) is 16.8. The molecule has 21 heavy (non-hydrogen) atoms. The van der Waals surface area contributed by atoms with Gasteiger partial charge in [0.2, 0.25) is 0 Å². The van der Waals surface area contributed by atoms with Crippen LogP contribution in [0.25, 0.3) is 0 Å². The summed E-state index contributed by atoms with van der Waals surface area (Å²) in [5.74, 6) is 5.77. The lowest BCUT2D eigenvalue weighted by molar-refractivity contribution is 0.0434. The van der Waals surface area contributed by atoms with E-state index in [1.165, 1.54) is 21.3 Å². The van der Waals surface area contributed by atoms with Crippen LogP contribution in [0.1, 0.15) is 22.8 Å². The monoisotopic (exact) mass is 294 g/mol. The van der Waals surface area contributed by atoms with Gasteiger partial charge >= 0.3 is 5.97 Å². The molecule has 0 saturated heterocycles. The van der Waals surface area contributed by atoms with Crippen LogP contribution in [0, 0.1) is 11.8 Å². The van der Waals surface area contributed by atoms with Crippen molar-refractivity contribution in [1.82, 2.24) is 0 Å². The minimum atomic E-state index is -0.544. The molecule has 0 spiro atoms. The lowest BCUT2D eigenvalue weighted by atomic mass is 10.1. The maximum Gasteiger partial charge on any atom is 0.342 e. The molecule has 0 aliphatic carbocycles. The van der Waals surface area contributed by atoms with E-state index in [2.05, 4.69) is 11.8 Å². The summed E-state index contributed by atoms with van der Waals surface area (Å²) >= 11 is 0. The van der Waals surface area contributed by atoms with Gasteiger partial charge in [-0.15, -0.1) is 5.92 Å². The van der Waals surface area contributed by atoms with Crippen molar-refractivity contribution in [3.8, 4) is 23.3 Å². The smallest absolute Gasteiger partial charge is 0.342 e. The number of esters is 1. The van der Waals surface area contributed by atoms with Crippen molar-refractivity contribution in [3.63, 3.8) is 0 Å². The summed E-state index contributed by atoms with van der Waals surface area (Å²) < 4.78 is 25.3. The van der Waals surface area contributed by atoms with E-state index in [4.69, 9.17) is 23.7 Å². The van der Waals surface area contributed by atoms with Gasteiger partial charge in [-0.3, -0.25) is 0 Å². The van der Waals surface area contributed by atoms with Gasteiger partial charge in [0.25, 0.3) is 0 Å². The lowest BCUT2D eigenvalue weighted by Crippen LogP contribution is -2.11. The Balaban J connectivity index is 3.33. The summed E-state index contributed by atoms with van der Waals surface area (Å²) in [5.41, 5.74) is 0.678. The number of carbonyl (C=O) groups excluding carboxylic acids is 1. The van der Waals surface area contributed by atoms with Gasteiger partial charge in [-0.05, 0) is 13.0 Å². The third kappa shape index (κ3) is 4.67. The Hall–Kier alpha value is -2.23. The van der Waals surface area contributed by atoms with Gasteiger partial charge in [-0.25, -0.2) is 4.79 Å². The molecule has 6 heteroatoms. The van der Waals surface area contributed by atoms with Crippen molar-refractivity contribution in [2.75, 3.05) is 34.9 Å². The molecule has 0 heterocycles. The van der Waals surface area contributed by atoms with Crippen LogP contribution in [0.3, 0.4) is 0 Å². The zero-order valence-electron chi connectivity index (χ0n) is 12.5. The fraction of sp³-hybridized carbons (Fsp3) is 0.400. The van der Waals surface area contributed by atoms with Crippen LogP contribution in [0.2, 0.25) is 0 Å². The minimum absolute atomic E-state index is 0.0171. The molecular weight excluding hydrogens is 276 g/mol. The maximum atomic E-state index is 11.9. The molecule has 1 rings (SSSR count). The average Bonchev–Trinajstić information content (AvgIpc) is 2.50. The summed E-state index contributed by atoms with van der Waals surface area (Å²) in [7, 11) is 4.29. The van der Waals surface area contributed by atoms with Crippen LogP contribution < -0.4 is 9.47 Å². The second-order valence-electron chi connectivity index (χ2n) is 3.81. The molecule has 0 aliphatic heterocycles. The molecule has 0 amide bonds. The van der Waals surface area contributed by atoms with Crippen LogP contribution >= 0.6 is 0 Å². The number of ether oxygens (including phenoxy) is 5. The molecule has 0 fully saturated rings. The summed E-state index contributed by atoms with van der Waals surface area (Å²) in [6.07, 6.45) is 0. The van der Waals surface area contributed by atoms with Crippen molar-refractivity contribution in [1.29, 1.82) is 0 Å². The van der Waals surface area contributed by atoms with E-state index in [1.54, 1.807) is 19.1 Å². The Bertz CT molecular complexity index is 541. The largest absolute Gasteiger partial charge is 0.467 e. The van der Waals surface area contributed by atoms with Gasteiger partial charge in [-0.2, -0.15) is 0 Å². The average molecular weight is 294 g/mol. The van der Waals surface area contributed by atoms with E-state index in [9.17, 15) is 4.79 Å². The number of methoxy groups -OCH3 is 3. The molecule has 6 nitrogen and oxygen atoms in total. The number of hydrogen-bond acceptors (Lipinski definition) is 6. The van der Waals surface area contributed by atoms with Crippen molar-refractivity contribution in [3.05, 3.63) is 23.3 Å². The molecule has 1 aromatic rings. The molecule has 0 N–H and O–H groups in total. The molecule has 1 aromatic carbocycles. The zero-order valence-corrected chi connectivity index (χ0v) is 12.5. The van der Waals surface area contributed by atoms with Crippen LogP contribution in [-0.4, -0.2) is 40.9 Å². The minimum Gasteiger partial charge on any atom is -0.467 e. The lowest BCUT2D eigenvalue weighted by Gasteiger charge is -2.14. The summed E-state index contributed by atoms with van der Waals surface area (Å²) in [5, 5.41) is 0. The molecule has 0 bridgehead atoms. The van der Waals surface area contributed by atoms with Gasteiger partial charge in [0.1, 0.15) is 17.1 Å². The van der Waals surface area contributed by atoms with Crippen molar-refractivity contribution < 1.29 is 28.5 Å². The van der Waals surface area contributed by atoms with Gasteiger partial charge in [-0.1, -0.05) is 5.92 Å². The van der Waals surface area contributed by atoms with E-state index >= 15 is 0 Å². The summed E-state index contributed by atoms with van der Waals surface area (Å²) in [6, 6.07) is 3.19. The van der Waals surface area contributed by atoms with Crippen LogP contribution in [0.5, 0.6) is 11.5 Å². The second-order valence-corrected chi connectivity index (χ2v) is 3.81. The predicted molar refractivity (Wildman–Crippen MR) is 75.3 cm³/mol. The molecule has 0 radical (unpaired) electrons. The van der Waals surface area contributed by atoms with Crippen LogP contribution in [-0.2, 0) is 14.2 Å². The Kier molecular flexibility index (Phi) is 7.09. The highest BCUT2D eigenvalue weighted by Gasteiger charge is 2.20. The second kappa shape index (κ2) is 8.84. The Labute approximate surface area is 123 Å². The number of benzene rings is 1. The van der Waals surface area contributed by atoms with Gasteiger partial charge in [0.15, 0.2) is 13.6 Å². The number of carbonyl (C=O) groups is 1. The molecule has 0 saturated carbocycles. The first-order valence-corrected chi connectivity index (χ1v) is 6.10. The highest BCUT2D eigenvalue weighted by molar-refractivity contribution is 5.95. The third-order valence-electron chi connectivity index (χ3n) is 2.40. The van der Waals surface area contributed by atoms with E-state index < -0.39 is 5.97 Å². The highest BCUT2D eigenvalue weighted by atomic mass is 16.7. The summed E-state index contributed by atoms with van der Waals surface area (Å²) in [4.78, 5) is 11.9. The Morgan fingerprint density at radius 3 is 2.33 bits per heavy atom. The molecule has 0 atom stereocenters. The van der Waals surface area contributed by atoms with Crippen molar-refractivity contribution >= 4 is 5.97 Å². The fourth-order valence-electron chi connectivity index (χ4n) is 1.58. The normalized spacial score (nSPS) is 9.52. The predicted octanol–water partition coefficient (Wildman–Crippen LogP) is 1.81. The standard InChI is InChI=1S/C15H18O6/c1-5-6-11-7-12(20-9-17-2)8-13(21-10-18-3)14(11)15(16)19-4/h7-8H,9-10H2,1-4H3. The molecule has 0 unspecified atom stereocenters. The van der Waals surface area contributed by atoms with Crippen LogP contribution in [0.15, 0.2) is 12.1 Å². The Morgan fingerprint density at radius 2 is 1.76 bits per heavy atom. The molecule has 0 aromatic heterocycles. The van der Waals surface area contributed by atoms with E-state index in [1.807, 2.05) is 0 Å². The SMILES string of the molecule is CC#Cc1cc(OCOC)cc(OCOC)c1C(=O)OC. The first-order chi connectivity index (χ1) is 10.2. The number of hydrogen-bond donors (Lipinski definition) is 0. The fourth-order valence-corrected chi connectivity index (χ4v) is 1.58. The Morgan fingerprint density at radius 1 is 1.10 bits per heavy atom. The third-order valence-corrected chi connectivity index (χ3v) is 2.40. The van der Waals surface area contributed by atoms with Gasteiger partial charge in [0.05, 0.1) is 7.11 Å². The van der Waals surface area contributed by atoms with E-state index in [0.29, 0.717) is 11.3 Å². The maximum absolute atomic E-state index is 11.9. The van der Waals surface area contributed by atoms with Crippen LogP contribution in [0.4, 0.5) is 0 Å². The summed E-state index contributed by atoms with van der Waals surface area (Å²) in [6.45, 7) is 1.72. The highest BCUT2D eigenvalue weighted by Crippen LogP contribution is 2.29. The van der Waals surface area contributed by atoms with E-state index in [0.717, 1.165) is 0 Å². The number of rotatable bonds is 7. The first-order valence-electron chi connectivity index (χ1n) is 6.10. The zero-order chi connectivity index (χ0) is 15.7. The van der Waals surface area contributed by atoms with E-state index in [-0.39, 0.29) is 24.9 Å². The van der Waals surface area contributed by atoms with Gasteiger partial charge < -0.3 is 23.7 Å². The van der Waals surface area contributed by atoms with Crippen molar-refractivity contribution in [2.45, 2.75) is 6.92 Å². The molecular formula is C15H18O6. The quantitative estimate of drug-likeness (QED) is 0.434.